The molecule has 1 spiro atoms. The van der Waals surface area contributed by atoms with Gasteiger partial charge in [0.05, 0.1) is 6.07 Å². The molecule has 10 nitrogen and oxygen atoms in total. The number of alkyl carbamates (subject to hydrolysis) is 1. The molecule has 4 N–H and O–H groups in total. The van der Waals surface area contributed by atoms with Crippen LogP contribution in [-0.4, -0.2) is 47.5 Å². The van der Waals surface area contributed by atoms with E-state index in [9.17, 15) is 24.4 Å². The third-order valence-electron chi connectivity index (χ3n) is 9.27. The standard InChI is InChI=1S/C36H39N5O5/c37-21-28(18-27-20-36(15-16-36)41-32(27)42)38-33(43)30(17-23-13-14-23)39-34(44)31(40-35(45)46-22-24-7-2-1-3-8-24)19-26-11-6-10-25-9-4-5-12-29(25)26/h1-12,23,27-28,30-31H,13-20,22H2,(H,38,43)(H,39,44)(H,40,45)(H,41,42). The van der Waals surface area contributed by atoms with Gasteiger partial charge in [-0.1, -0.05) is 85.6 Å². The van der Waals surface area contributed by atoms with Crippen LogP contribution in [0.1, 0.15) is 56.1 Å². The Bertz CT molecular complexity index is 1640. The van der Waals surface area contributed by atoms with Crippen molar-refractivity contribution in [1.82, 2.24) is 21.3 Å². The van der Waals surface area contributed by atoms with Crippen LogP contribution in [0.5, 0.6) is 0 Å². The SMILES string of the molecule is N#CC(CC1CC2(CC2)NC1=O)NC(=O)C(CC1CC1)NC(=O)C(Cc1cccc2ccccc12)NC(=O)OCc1ccccc1. The molecule has 238 valence electrons. The first-order chi connectivity index (χ1) is 22.3. The number of amides is 4. The van der Waals surface area contributed by atoms with Gasteiger partial charge >= 0.3 is 6.09 Å². The number of carbonyl (C=O) groups excluding carboxylic acids is 4. The molecule has 3 aromatic rings. The van der Waals surface area contributed by atoms with Gasteiger partial charge in [-0.15, -0.1) is 0 Å². The fourth-order valence-electron chi connectivity index (χ4n) is 6.35. The van der Waals surface area contributed by atoms with Crippen molar-refractivity contribution in [3.8, 4) is 6.07 Å². The molecule has 0 bridgehead atoms. The molecule has 4 amide bonds. The Morgan fingerprint density at radius 1 is 0.891 bits per heavy atom. The topological polar surface area (TPSA) is 149 Å². The van der Waals surface area contributed by atoms with Crippen LogP contribution in [0.3, 0.4) is 0 Å². The Morgan fingerprint density at radius 3 is 2.33 bits per heavy atom. The Kier molecular flexibility index (Phi) is 9.20. The second-order valence-corrected chi connectivity index (χ2v) is 12.9. The van der Waals surface area contributed by atoms with Crippen LogP contribution in [0.4, 0.5) is 4.79 Å². The number of fused-ring (bicyclic) bond motifs is 1. The summed E-state index contributed by atoms with van der Waals surface area (Å²) in [7, 11) is 0. The van der Waals surface area contributed by atoms with Gasteiger partial charge < -0.3 is 26.0 Å². The second kappa shape index (κ2) is 13.6. The summed E-state index contributed by atoms with van der Waals surface area (Å²) in [6, 6.07) is 22.2. The zero-order chi connectivity index (χ0) is 32.1. The highest BCUT2D eigenvalue weighted by atomic mass is 16.5. The Balaban J connectivity index is 1.15. The number of ether oxygens (including phenoxy) is 1. The molecule has 2 aliphatic carbocycles. The van der Waals surface area contributed by atoms with E-state index >= 15 is 0 Å². The molecule has 2 saturated carbocycles. The fourth-order valence-corrected chi connectivity index (χ4v) is 6.35. The smallest absolute Gasteiger partial charge is 0.408 e. The predicted molar refractivity (Wildman–Crippen MR) is 171 cm³/mol. The number of hydrogen-bond donors (Lipinski definition) is 4. The molecule has 1 saturated heterocycles. The fraction of sp³-hybridized carbons (Fsp3) is 0.417. The second-order valence-electron chi connectivity index (χ2n) is 12.9. The molecule has 0 aromatic heterocycles. The summed E-state index contributed by atoms with van der Waals surface area (Å²) in [6.07, 6.45) is 4.53. The van der Waals surface area contributed by atoms with E-state index in [4.69, 9.17) is 4.74 Å². The minimum Gasteiger partial charge on any atom is -0.445 e. The molecule has 1 aliphatic heterocycles. The summed E-state index contributed by atoms with van der Waals surface area (Å²) in [6.45, 7) is 0.0394. The molecule has 10 heteroatoms. The predicted octanol–water partition coefficient (Wildman–Crippen LogP) is 4.03. The first-order valence-electron chi connectivity index (χ1n) is 16.1. The number of hydrogen-bond acceptors (Lipinski definition) is 6. The van der Waals surface area contributed by atoms with Crippen LogP contribution in [0.25, 0.3) is 10.8 Å². The molecular formula is C36H39N5O5. The molecule has 3 aliphatic rings. The van der Waals surface area contributed by atoms with Crippen LogP contribution >= 0.6 is 0 Å². The van der Waals surface area contributed by atoms with E-state index in [0.717, 1.165) is 47.6 Å². The van der Waals surface area contributed by atoms with E-state index in [2.05, 4.69) is 27.3 Å². The summed E-state index contributed by atoms with van der Waals surface area (Å²) in [5, 5.41) is 23.2. The molecule has 46 heavy (non-hydrogen) atoms. The number of benzene rings is 3. The number of rotatable bonds is 13. The maximum Gasteiger partial charge on any atom is 0.408 e. The lowest BCUT2D eigenvalue weighted by molar-refractivity contribution is -0.130. The van der Waals surface area contributed by atoms with Crippen LogP contribution < -0.4 is 21.3 Å². The maximum atomic E-state index is 13.9. The quantitative estimate of drug-likeness (QED) is 0.226. The van der Waals surface area contributed by atoms with Gasteiger partial charge in [-0.3, -0.25) is 14.4 Å². The molecule has 4 atom stereocenters. The van der Waals surface area contributed by atoms with Gasteiger partial charge in [-0.2, -0.15) is 5.26 Å². The van der Waals surface area contributed by atoms with Crippen LogP contribution in [-0.2, 0) is 32.1 Å². The van der Waals surface area contributed by atoms with Crippen molar-refractivity contribution < 1.29 is 23.9 Å². The average molecular weight is 622 g/mol. The lowest BCUT2D eigenvalue weighted by Gasteiger charge is -2.25. The van der Waals surface area contributed by atoms with Gasteiger partial charge in [-0.05, 0) is 59.9 Å². The van der Waals surface area contributed by atoms with Gasteiger partial charge in [0.25, 0.3) is 0 Å². The van der Waals surface area contributed by atoms with E-state index in [1.807, 2.05) is 72.8 Å². The zero-order valence-corrected chi connectivity index (χ0v) is 25.7. The number of nitrogens with one attached hydrogen (secondary N) is 4. The molecule has 3 aromatic carbocycles. The third kappa shape index (κ3) is 7.83. The van der Waals surface area contributed by atoms with Crippen molar-refractivity contribution >= 4 is 34.6 Å². The maximum absolute atomic E-state index is 13.9. The number of nitriles is 1. The van der Waals surface area contributed by atoms with E-state index < -0.39 is 36.0 Å². The summed E-state index contributed by atoms with van der Waals surface area (Å²) in [5.74, 6) is -1.12. The van der Waals surface area contributed by atoms with Crippen LogP contribution in [0.2, 0.25) is 0 Å². The van der Waals surface area contributed by atoms with Crippen LogP contribution in [0, 0.1) is 23.2 Å². The summed E-state index contributed by atoms with van der Waals surface area (Å²) >= 11 is 0. The minimum absolute atomic E-state index is 0.0394. The summed E-state index contributed by atoms with van der Waals surface area (Å²) in [4.78, 5) is 52.9. The first kappa shape index (κ1) is 31.1. The lowest BCUT2D eigenvalue weighted by Crippen LogP contribution is -2.55. The number of carbonyl (C=O) groups is 4. The molecule has 4 unspecified atom stereocenters. The Labute approximate surface area is 268 Å². The van der Waals surface area contributed by atoms with Crippen molar-refractivity contribution in [3.05, 3.63) is 83.9 Å². The minimum atomic E-state index is -1.03. The van der Waals surface area contributed by atoms with E-state index in [1.54, 1.807) is 0 Å². The summed E-state index contributed by atoms with van der Waals surface area (Å²) in [5.41, 5.74) is 1.55. The molecule has 0 radical (unpaired) electrons. The zero-order valence-electron chi connectivity index (χ0n) is 25.7. The highest BCUT2D eigenvalue weighted by molar-refractivity contribution is 5.93. The average Bonchev–Trinajstić information content (AvgIpc) is 4.00. The summed E-state index contributed by atoms with van der Waals surface area (Å²) < 4.78 is 5.44. The third-order valence-corrected chi connectivity index (χ3v) is 9.27. The van der Waals surface area contributed by atoms with Crippen molar-refractivity contribution in [1.29, 1.82) is 5.26 Å². The highest BCUT2D eigenvalue weighted by Crippen LogP contribution is 2.46. The van der Waals surface area contributed by atoms with Crippen molar-refractivity contribution in [3.63, 3.8) is 0 Å². The lowest BCUT2D eigenvalue weighted by atomic mass is 9.95. The Morgan fingerprint density at radius 2 is 1.61 bits per heavy atom. The molecular weight excluding hydrogens is 582 g/mol. The van der Waals surface area contributed by atoms with Gasteiger partial charge in [-0.25, -0.2) is 4.79 Å². The monoisotopic (exact) mass is 621 g/mol. The molecule has 6 rings (SSSR count). The highest BCUT2D eigenvalue weighted by Gasteiger charge is 2.52. The van der Waals surface area contributed by atoms with Gasteiger partial charge in [0.1, 0.15) is 24.7 Å². The van der Waals surface area contributed by atoms with E-state index in [-0.39, 0.29) is 42.7 Å². The normalized spacial score (nSPS) is 19.7. The molecule has 3 fully saturated rings. The van der Waals surface area contributed by atoms with Gasteiger partial charge in [0.2, 0.25) is 17.7 Å². The first-order valence-corrected chi connectivity index (χ1v) is 16.1. The van der Waals surface area contributed by atoms with E-state index in [1.165, 1.54) is 0 Å². The van der Waals surface area contributed by atoms with Crippen molar-refractivity contribution in [2.45, 2.75) is 81.6 Å². The number of nitrogens with zero attached hydrogens (tertiary/aromatic N) is 1. The van der Waals surface area contributed by atoms with E-state index in [0.29, 0.717) is 12.8 Å². The Hall–Kier alpha value is -4.91. The largest absolute Gasteiger partial charge is 0.445 e. The van der Waals surface area contributed by atoms with Crippen molar-refractivity contribution in [2.24, 2.45) is 11.8 Å². The van der Waals surface area contributed by atoms with Gasteiger partial charge in [0.15, 0.2) is 0 Å². The van der Waals surface area contributed by atoms with Gasteiger partial charge in [0, 0.05) is 17.9 Å². The molecule has 1 heterocycles. The van der Waals surface area contributed by atoms with Crippen LogP contribution in [0.15, 0.2) is 72.8 Å². The van der Waals surface area contributed by atoms with Crippen molar-refractivity contribution in [2.75, 3.05) is 0 Å².